The number of carbonyl (C=O) groups excluding carboxylic acids is 1. The van der Waals surface area contributed by atoms with Crippen LogP contribution < -0.4 is 10.6 Å². The van der Waals surface area contributed by atoms with Crippen molar-refractivity contribution >= 4 is 28.9 Å². The summed E-state index contributed by atoms with van der Waals surface area (Å²) < 4.78 is 0. The molecule has 114 valence electrons. The first-order valence-electron chi connectivity index (χ1n) is 7.00. The minimum Gasteiger partial charge on any atom is -0.506 e. The molecule has 3 N–H and O–H groups in total. The summed E-state index contributed by atoms with van der Waals surface area (Å²) in [6.07, 6.45) is 0.845. The molecule has 0 heterocycles. The van der Waals surface area contributed by atoms with Crippen molar-refractivity contribution in [3.8, 4) is 5.75 Å². The Morgan fingerprint density at radius 1 is 1.23 bits per heavy atom. The number of hydrogen-bond acceptors (Lipinski definition) is 3. The molecular weight excluding hydrogens is 296 g/mol. The number of aromatic hydroxyl groups is 1. The number of aryl methyl sites for hydroxylation is 2. The number of phenolic OH excluding ortho intramolecular Hbond substituents is 1. The van der Waals surface area contributed by atoms with Crippen molar-refractivity contribution in [2.75, 3.05) is 5.32 Å². The molecule has 0 spiro atoms. The molecule has 0 radical (unpaired) electrons. The zero-order valence-corrected chi connectivity index (χ0v) is 13.3. The number of rotatable bonds is 3. The monoisotopic (exact) mass is 314 g/mol. The largest absolute Gasteiger partial charge is 0.506 e. The molecule has 0 aliphatic carbocycles. The standard InChI is InChI=1S/C17H18N2O2S/c1-3-12-7-8-15(20)14(10-12)18-17(22)19-16(21)13-6-4-5-11(2)9-13/h4-10,20H,3H2,1-2H3,(H2,18,19,21,22). The van der Waals surface area contributed by atoms with E-state index in [2.05, 4.69) is 10.6 Å². The summed E-state index contributed by atoms with van der Waals surface area (Å²) in [4.78, 5) is 12.1. The molecule has 2 rings (SSSR count). The van der Waals surface area contributed by atoms with Crippen LogP contribution in [0, 0.1) is 6.92 Å². The summed E-state index contributed by atoms with van der Waals surface area (Å²) in [7, 11) is 0. The topological polar surface area (TPSA) is 61.4 Å². The van der Waals surface area contributed by atoms with Crippen LogP contribution in [0.15, 0.2) is 42.5 Å². The first-order chi connectivity index (χ1) is 10.5. The fourth-order valence-electron chi connectivity index (χ4n) is 2.02. The number of hydrogen-bond donors (Lipinski definition) is 3. The van der Waals surface area contributed by atoms with Crippen LogP contribution in [-0.2, 0) is 6.42 Å². The molecule has 2 aromatic carbocycles. The van der Waals surface area contributed by atoms with Gasteiger partial charge in [0.25, 0.3) is 5.91 Å². The minimum absolute atomic E-state index is 0.0874. The van der Waals surface area contributed by atoms with Gasteiger partial charge in [0.1, 0.15) is 5.75 Å². The predicted octanol–water partition coefficient (Wildman–Crippen LogP) is 3.39. The second-order valence-corrected chi connectivity index (χ2v) is 5.39. The van der Waals surface area contributed by atoms with Crippen LogP contribution >= 0.6 is 12.2 Å². The van der Waals surface area contributed by atoms with E-state index in [1.54, 1.807) is 24.3 Å². The number of benzene rings is 2. The van der Waals surface area contributed by atoms with E-state index in [9.17, 15) is 9.90 Å². The highest BCUT2D eigenvalue weighted by atomic mass is 32.1. The van der Waals surface area contributed by atoms with Crippen molar-refractivity contribution in [2.45, 2.75) is 20.3 Å². The van der Waals surface area contributed by atoms with Gasteiger partial charge in [0.2, 0.25) is 0 Å². The Bertz CT molecular complexity index is 714. The van der Waals surface area contributed by atoms with Crippen LogP contribution in [0.25, 0.3) is 0 Å². The smallest absolute Gasteiger partial charge is 0.257 e. The van der Waals surface area contributed by atoms with E-state index in [0.717, 1.165) is 17.5 Å². The average Bonchev–Trinajstić information content (AvgIpc) is 2.49. The maximum atomic E-state index is 12.1. The lowest BCUT2D eigenvalue weighted by atomic mass is 10.1. The van der Waals surface area contributed by atoms with Gasteiger partial charge in [-0.3, -0.25) is 10.1 Å². The van der Waals surface area contributed by atoms with Crippen LogP contribution in [-0.4, -0.2) is 16.1 Å². The molecule has 0 saturated carbocycles. The number of phenols is 1. The van der Waals surface area contributed by atoms with Crippen molar-refractivity contribution in [1.82, 2.24) is 5.32 Å². The quantitative estimate of drug-likeness (QED) is 0.600. The van der Waals surface area contributed by atoms with Crippen molar-refractivity contribution in [1.29, 1.82) is 0 Å². The van der Waals surface area contributed by atoms with Gasteiger partial charge in [0.15, 0.2) is 5.11 Å². The van der Waals surface area contributed by atoms with Crippen LogP contribution in [0.3, 0.4) is 0 Å². The summed E-state index contributed by atoms with van der Waals surface area (Å²) in [5.41, 5.74) is 3.08. The van der Waals surface area contributed by atoms with E-state index < -0.39 is 0 Å². The van der Waals surface area contributed by atoms with E-state index in [4.69, 9.17) is 12.2 Å². The van der Waals surface area contributed by atoms with Gasteiger partial charge in [-0.2, -0.15) is 0 Å². The predicted molar refractivity (Wildman–Crippen MR) is 92.4 cm³/mol. The third-order valence-corrected chi connectivity index (χ3v) is 3.43. The summed E-state index contributed by atoms with van der Waals surface area (Å²) >= 11 is 5.13. The van der Waals surface area contributed by atoms with E-state index in [1.165, 1.54) is 0 Å². The van der Waals surface area contributed by atoms with Crippen molar-refractivity contribution < 1.29 is 9.90 Å². The van der Waals surface area contributed by atoms with E-state index >= 15 is 0 Å². The Morgan fingerprint density at radius 3 is 2.68 bits per heavy atom. The van der Waals surface area contributed by atoms with Gasteiger partial charge in [0, 0.05) is 5.56 Å². The molecule has 4 nitrogen and oxygen atoms in total. The zero-order valence-electron chi connectivity index (χ0n) is 12.5. The zero-order chi connectivity index (χ0) is 16.1. The highest BCUT2D eigenvalue weighted by molar-refractivity contribution is 7.80. The molecular formula is C17H18N2O2S. The van der Waals surface area contributed by atoms with E-state index in [1.807, 2.05) is 32.0 Å². The number of nitrogens with one attached hydrogen (secondary N) is 2. The molecule has 0 unspecified atom stereocenters. The van der Waals surface area contributed by atoms with Gasteiger partial charge in [-0.25, -0.2) is 0 Å². The van der Waals surface area contributed by atoms with Crippen molar-refractivity contribution in [3.63, 3.8) is 0 Å². The first kappa shape index (κ1) is 16.0. The van der Waals surface area contributed by atoms with E-state index in [-0.39, 0.29) is 16.8 Å². The summed E-state index contributed by atoms with van der Waals surface area (Å²) in [6, 6.07) is 12.5. The molecule has 22 heavy (non-hydrogen) atoms. The fraction of sp³-hybridized carbons (Fsp3) is 0.176. The third kappa shape index (κ3) is 4.05. The molecule has 0 atom stereocenters. The molecule has 0 saturated heterocycles. The summed E-state index contributed by atoms with van der Waals surface area (Å²) in [5, 5.41) is 15.4. The highest BCUT2D eigenvalue weighted by Gasteiger charge is 2.10. The second-order valence-electron chi connectivity index (χ2n) is 4.98. The van der Waals surface area contributed by atoms with Crippen LogP contribution in [0.1, 0.15) is 28.4 Å². The van der Waals surface area contributed by atoms with Gasteiger partial charge in [-0.15, -0.1) is 0 Å². The SMILES string of the molecule is CCc1ccc(O)c(NC(=S)NC(=O)c2cccc(C)c2)c1. The summed E-state index contributed by atoms with van der Waals surface area (Å²) in [5.74, 6) is -0.198. The Morgan fingerprint density at radius 2 is 2.00 bits per heavy atom. The highest BCUT2D eigenvalue weighted by Crippen LogP contribution is 2.24. The Hall–Kier alpha value is -2.40. The average molecular weight is 314 g/mol. The molecule has 2 aromatic rings. The van der Waals surface area contributed by atoms with Crippen molar-refractivity contribution in [3.05, 3.63) is 59.2 Å². The van der Waals surface area contributed by atoms with Crippen molar-refractivity contribution in [2.24, 2.45) is 0 Å². The lowest BCUT2D eigenvalue weighted by molar-refractivity contribution is 0.0977. The number of anilines is 1. The lowest BCUT2D eigenvalue weighted by Crippen LogP contribution is -2.34. The van der Waals surface area contributed by atoms with Crippen LogP contribution in [0.2, 0.25) is 0 Å². The molecule has 0 aromatic heterocycles. The molecule has 0 aliphatic heterocycles. The van der Waals surface area contributed by atoms with Gasteiger partial charge in [-0.05, 0) is 55.4 Å². The van der Waals surface area contributed by atoms with Gasteiger partial charge in [-0.1, -0.05) is 30.7 Å². The van der Waals surface area contributed by atoms with Crippen LogP contribution in [0.5, 0.6) is 5.75 Å². The third-order valence-electron chi connectivity index (χ3n) is 3.22. The fourth-order valence-corrected chi connectivity index (χ4v) is 2.22. The Labute approximate surface area is 135 Å². The van der Waals surface area contributed by atoms with Gasteiger partial charge in [0.05, 0.1) is 5.69 Å². The second kappa shape index (κ2) is 7.04. The molecule has 0 fully saturated rings. The molecule has 5 heteroatoms. The molecule has 0 bridgehead atoms. The lowest BCUT2D eigenvalue weighted by Gasteiger charge is -2.12. The Balaban J connectivity index is 2.05. The summed E-state index contributed by atoms with van der Waals surface area (Å²) in [6.45, 7) is 3.94. The van der Waals surface area contributed by atoms with Crippen LogP contribution in [0.4, 0.5) is 5.69 Å². The first-order valence-corrected chi connectivity index (χ1v) is 7.41. The van der Waals surface area contributed by atoms with Gasteiger partial charge < -0.3 is 10.4 Å². The number of amides is 1. The number of thiocarbonyl (C=S) groups is 1. The normalized spacial score (nSPS) is 10.1. The van der Waals surface area contributed by atoms with Gasteiger partial charge >= 0.3 is 0 Å². The van der Waals surface area contributed by atoms with E-state index in [0.29, 0.717) is 11.3 Å². The molecule has 1 amide bonds. The Kier molecular flexibility index (Phi) is 5.12. The maximum Gasteiger partial charge on any atom is 0.257 e. The minimum atomic E-state index is -0.285. The molecule has 0 aliphatic rings. The maximum absolute atomic E-state index is 12.1. The number of carbonyl (C=O) groups is 1.